The summed E-state index contributed by atoms with van der Waals surface area (Å²) in [4.78, 5) is 0. The van der Waals surface area contributed by atoms with E-state index in [4.69, 9.17) is 9.84 Å². The normalized spacial score (nSPS) is 48.3. The molecule has 0 aliphatic carbocycles. The molecule has 8 nitrogen and oxygen atoms in total. The average Bonchev–Trinajstić information content (AvgIpc) is 2.48. The number of hydrogen-bond donors (Lipinski definition) is 7. The van der Waals surface area contributed by atoms with Gasteiger partial charge in [-0.05, 0) is 0 Å². The summed E-state index contributed by atoms with van der Waals surface area (Å²) in [5, 5.41) is 60.9. The van der Waals surface area contributed by atoms with Crippen LogP contribution in [0.1, 0.15) is 0 Å². The van der Waals surface area contributed by atoms with E-state index in [0.717, 1.165) is 0 Å². The maximum atomic E-state index is 9.90. The molecule has 2 heterocycles. The lowest BCUT2D eigenvalue weighted by Crippen LogP contribution is -2.58. The fourth-order valence-corrected chi connectivity index (χ4v) is 3.88. The number of aliphatic hydroxyl groups is 6. The Morgan fingerprint density at radius 3 is 2.33 bits per heavy atom. The van der Waals surface area contributed by atoms with E-state index in [1.54, 1.807) is 0 Å². The van der Waals surface area contributed by atoms with Gasteiger partial charge in [-0.3, -0.25) is 0 Å². The maximum absolute atomic E-state index is 9.90. The SMILES string of the molecule is OC[C@H]1O[C@H](SC[C@H]2CNC[C@@H](O)[C@@H]2O)[C@@H](O)[C@@H](O)[C@@H]1O. The molecule has 0 amide bonds. The van der Waals surface area contributed by atoms with Crippen molar-refractivity contribution in [3.05, 3.63) is 0 Å². The van der Waals surface area contributed by atoms with Crippen LogP contribution in [0.3, 0.4) is 0 Å². The molecule has 2 fully saturated rings. The van der Waals surface area contributed by atoms with Gasteiger partial charge in [0.1, 0.15) is 29.9 Å². The average molecular weight is 325 g/mol. The van der Waals surface area contributed by atoms with Gasteiger partial charge in [0.25, 0.3) is 0 Å². The monoisotopic (exact) mass is 325 g/mol. The second-order valence-corrected chi connectivity index (χ2v) is 6.64. The second kappa shape index (κ2) is 7.53. The first-order chi connectivity index (χ1) is 9.95. The number of piperidine rings is 1. The van der Waals surface area contributed by atoms with Crippen molar-refractivity contribution in [1.29, 1.82) is 0 Å². The molecule has 21 heavy (non-hydrogen) atoms. The van der Waals surface area contributed by atoms with E-state index in [9.17, 15) is 25.5 Å². The lowest BCUT2D eigenvalue weighted by Gasteiger charge is -2.40. The molecule has 0 spiro atoms. The number of thioether (sulfide) groups is 1. The highest BCUT2D eigenvalue weighted by Crippen LogP contribution is 2.30. The lowest BCUT2D eigenvalue weighted by atomic mass is 9.96. The standard InChI is InChI=1S/C12H23NO7S/c14-3-7-9(17)10(18)11(19)12(20-7)21-4-5-1-13-2-6(15)8(5)16/h5-19H,1-4H2/t5-,6-,7-,8-,9-,10+,11+,12-/m1/s1. The zero-order valence-corrected chi connectivity index (χ0v) is 12.3. The van der Waals surface area contributed by atoms with E-state index in [0.29, 0.717) is 18.8 Å². The van der Waals surface area contributed by atoms with E-state index in [1.165, 1.54) is 11.8 Å². The third-order valence-corrected chi connectivity index (χ3v) is 5.30. The van der Waals surface area contributed by atoms with Gasteiger partial charge in [0.15, 0.2) is 0 Å². The summed E-state index contributed by atoms with van der Waals surface area (Å²) in [6, 6.07) is 0. The highest BCUT2D eigenvalue weighted by molar-refractivity contribution is 7.99. The Morgan fingerprint density at radius 1 is 0.952 bits per heavy atom. The van der Waals surface area contributed by atoms with E-state index in [2.05, 4.69) is 5.32 Å². The van der Waals surface area contributed by atoms with Crippen molar-refractivity contribution in [1.82, 2.24) is 5.32 Å². The Kier molecular flexibility index (Phi) is 6.24. The minimum atomic E-state index is -1.40. The van der Waals surface area contributed by atoms with Gasteiger partial charge in [-0.15, -0.1) is 11.8 Å². The molecule has 124 valence electrons. The molecule has 0 aromatic rings. The van der Waals surface area contributed by atoms with Crippen LogP contribution in [0, 0.1) is 5.92 Å². The van der Waals surface area contributed by atoms with Crippen molar-refractivity contribution in [2.24, 2.45) is 5.92 Å². The summed E-state index contributed by atoms with van der Waals surface area (Å²) in [5.41, 5.74) is -0.813. The molecule has 0 radical (unpaired) electrons. The molecule has 0 saturated carbocycles. The van der Waals surface area contributed by atoms with Crippen molar-refractivity contribution in [3.8, 4) is 0 Å². The summed E-state index contributed by atoms with van der Waals surface area (Å²) in [7, 11) is 0. The van der Waals surface area contributed by atoms with Crippen molar-refractivity contribution in [2.45, 2.75) is 42.1 Å². The minimum absolute atomic E-state index is 0.217. The molecule has 0 aromatic carbocycles. The highest BCUT2D eigenvalue weighted by atomic mass is 32.2. The van der Waals surface area contributed by atoms with Crippen LogP contribution in [0.4, 0.5) is 0 Å². The number of ether oxygens (including phenoxy) is 1. The predicted octanol–water partition coefficient (Wildman–Crippen LogP) is -3.54. The zero-order chi connectivity index (χ0) is 15.6. The molecule has 2 rings (SSSR count). The molecule has 0 bridgehead atoms. The molecule has 2 saturated heterocycles. The molecule has 0 aromatic heterocycles. The van der Waals surface area contributed by atoms with Gasteiger partial charge in [-0.1, -0.05) is 0 Å². The van der Waals surface area contributed by atoms with Crippen LogP contribution in [0.25, 0.3) is 0 Å². The van der Waals surface area contributed by atoms with Crippen LogP contribution in [0.15, 0.2) is 0 Å². The molecule has 2 aliphatic heterocycles. The van der Waals surface area contributed by atoms with Gasteiger partial charge in [0, 0.05) is 24.8 Å². The van der Waals surface area contributed by atoms with Gasteiger partial charge in [-0.2, -0.15) is 0 Å². The molecule has 7 N–H and O–H groups in total. The minimum Gasteiger partial charge on any atom is -0.394 e. The fourth-order valence-electron chi connectivity index (χ4n) is 2.55. The third kappa shape index (κ3) is 3.87. The van der Waals surface area contributed by atoms with Crippen molar-refractivity contribution < 1.29 is 35.4 Å². The topological polar surface area (TPSA) is 143 Å². The van der Waals surface area contributed by atoms with Gasteiger partial charge in [-0.25, -0.2) is 0 Å². The van der Waals surface area contributed by atoms with Crippen LogP contribution in [-0.4, -0.2) is 98.1 Å². The summed E-state index contributed by atoms with van der Waals surface area (Å²) in [5.74, 6) is 0.180. The second-order valence-electron chi connectivity index (χ2n) is 5.51. The number of aliphatic hydroxyl groups excluding tert-OH is 6. The molecule has 0 unspecified atom stereocenters. The van der Waals surface area contributed by atoms with Crippen LogP contribution < -0.4 is 5.32 Å². The smallest absolute Gasteiger partial charge is 0.132 e. The van der Waals surface area contributed by atoms with Crippen molar-refractivity contribution in [3.63, 3.8) is 0 Å². The van der Waals surface area contributed by atoms with Crippen LogP contribution in [-0.2, 0) is 4.74 Å². The van der Waals surface area contributed by atoms with E-state index >= 15 is 0 Å². The van der Waals surface area contributed by atoms with E-state index in [1.807, 2.05) is 0 Å². The Bertz CT molecular complexity index is 335. The van der Waals surface area contributed by atoms with Crippen LogP contribution >= 0.6 is 11.8 Å². The van der Waals surface area contributed by atoms with E-state index < -0.39 is 48.7 Å². The molecule has 8 atom stereocenters. The number of nitrogens with one attached hydrogen (secondary N) is 1. The van der Waals surface area contributed by atoms with Gasteiger partial charge in [0.2, 0.25) is 0 Å². The Labute approximate surface area is 126 Å². The van der Waals surface area contributed by atoms with Crippen LogP contribution in [0.2, 0.25) is 0 Å². The number of hydrogen-bond acceptors (Lipinski definition) is 9. The maximum Gasteiger partial charge on any atom is 0.132 e. The number of β-amino-alcohol motifs (C(OH)–C–C–N with tert-alkyl or cyclic N) is 1. The van der Waals surface area contributed by atoms with Crippen molar-refractivity contribution in [2.75, 3.05) is 25.4 Å². The van der Waals surface area contributed by atoms with Crippen LogP contribution in [0.5, 0.6) is 0 Å². The van der Waals surface area contributed by atoms with Gasteiger partial charge < -0.3 is 40.7 Å². The summed E-state index contributed by atoms with van der Waals surface area (Å²) in [6.07, 6.45) is -6.67. The van der Waals surface area contributed by atoms with Gasteiger partial charge in [0.05, 0.1) is 18.8 Å². The highest BCUT2D eigenvalue weighted by Gasteiger charge is 2.44. The Balaban J connectivity index is 1.89. The molecule has 2 aliphatic rings. The van der Waals surface area contributed by atoms with Gasteiger partial charge >= 0.3 is 0 Å². The molecular weight excluding hydrogens is 302 g/mol. The first kappa shape index (κ1) is 17.4. The third-order valence-electron chi connectivity index (χ3n) is 3.96. The van der Waals surface area contributed by atoms with E-state index in [-0.39, 0.29) is 5.92 Å². The molecular formula is C12H23NO7S. The summed E-state index contributed by atoms with van der Waals surface area (Å²) < 4.78 is 5.37. The van der Waals surface area contributed by atoms with Crippen molar-refractivity contribution >= 4 is 11.8 Å². The molecule has 9 heteroatoms. The Hall–Kier alpha value is 0.0300. The summed E-state index contributed by atoms with van der Waals surface area (Å²) >= 11 is 1.18. The lowest BCUT2D eigenvalue weighted by molar-refractivity contribution is -0.205. The fraction of sp³-hybridized carbons (Fsp3) is 1.00. The first-order valence-electron chi connectivity index (χ1n) is 6.94. The summed E-state index contributed by atoms with van der Waals surface area (Å²) in [6.45, 7) is 0.402. The predicted molar refractivity (Wildman–Crippen MR) is 74.6 cm³/mol. The number of rotatable bonds is 4. The first-order valence-corrected chi connectivity index (χ1v) is 7.99. The Morgan fingerprint density at radius 2 is 1.67 bits per heavy atom. The zero-order valence-electron chi connectivity index (χ0n) is 11.4. The quantitative estimate of drug-likeness (QED) is 0.280. The largest absolute Gasteiger partial charge is 0.394 e.